The van der Waals surface area contributed by atoms with Gasteiger partial charge in [0.2, 0.25) is 6.20 Å². The van der Waals surface area contributed by atoms with Crippen LogP contribution in [0, 0.1) is 12.7 Å². The predicted molar refractivity (Wildman–Crippen MR) is 116 cm³/mol. The highest BCUT2D eigenvalue weighted by molar-refractivity contribution is 6.31. The van der Waals surface area contributed by atoms with E-state index < -0.39 is 41.1 Å². The smallest absolute Gasteiger partial charge is 0.493 e. The van der Waals surface area contributed by atoms with Gasteiger partial charge >= 0.3 is 18.0 Å². The zero-order chi connectivity index (χ0) is 26.8. The minimum Gasteiger partial charge on any atom is -0.493 e. The first-order chi connectivity index (χ1) is 16.8. The number of aromatic nitrogens is 1. The van der Waals surface area contributed by atoms with Crippen LogP contribution in [-0.2, 0) is 0 Å². The summed E-state index contributed by atoms with van der Waals surface area (Å²) in [6.45, 7) is 1.48. The van der Waals surface area contributed by atoms with E-state index in [1.54, 1.807) is 0 Å². The Hall–Kier alpha value is -4.26. The van der Waals surface area contributed by atoms with Gasteiger partial charge in [-0.3, -0.25) is 14.8 Å². The molecule has 0 fully saturated rings. The number of ether oxygens (including phenoxy) is 3. The second kappa shape index (κ2) is 10.2. The first-order valence-corrected chi connectivity index (χ1v) is 10.1. The third-order valence-electron chi connectivity index (χ3n) is 4.60. The molecule has 3 rings (SSSR count). The van der Waals surface area contributed by atoms with Crippen molar-refractivity contribution in [3.8, 4) is 23.0 Å². The Morgan fingerprint density at radius 2 is 1.81 bits per heavy atom. The molecular formula is C22H17ClF4N3O6+. The number of anilines is 1. The van der Waals surface area contributed by atoms with E-state index in [-0.39, 0.29) is 33.5 Å². The molecule has 2 aromatic carbocycles. The van der Waals surface area contributed by atoms with Gasteiger partial charge in [0.05, 0.1) is 12.8 Å². The summed E-state index contributed by atoms with van der Waals surface area (Å²) in [5, 5.41) is 12.0. The maximum atomic E-state index is 14.9. The number of methoxy groups -OCH3 is 1. The van der Waals surface area contributed by atoms with Crippen LogP contribution in [-0.4, -0.2) is 30.5 Å². The molecule has 190 valence electrons. The van der Waals surface area contributed by atoms with Crippen LogP contribution in [0.4, 0.5) is 23.2 Å². The van der Waals surface area contributed by atoms with E-state index in [4.69, 9.17) is 26.8 Å². The highest BCUT2D eigenvalue weighted by Gasteiger charge is 2.31. The molecule has 0 bridgehead atoms. The van der Waals surface area contributed by atoms with E-state index in [1.165, 1.54) is 6.92 Å². The normalized spacial score (nSPS) is 11.1. The molecule has 0 unspecified atom stereocenters. The molecule has 1 heterocycles. The first kappa shape index (κ1) is 26.3. The number of amides is 2. The van der Waals surface area contributed by atoms with Gasteiger partial charge in [0.15, 0.2) is 11.5 Å². The summed E-state index contributed by atoms with van der Waals surface area (Å²) in [5.74, 6) is -4.54. The molecular weight excluding hydrogens is 514 g/mol. The number of benzene rings is 2. The number of carbonyl (C=O) groups excluding carboxylic acids is 2. The number of halogens is 5. The van der Waals surface area contributed by atoms with Crippen molar-refractivity contribution in [2.75, 3.05) is 12.4 Å². The van der Waals surface area contributed by atoms with E-state index in [9.17, 15) is 32.4 Å². The number of aryl methyl sites for hydroxylation is 1. The van der Waals surface area contributed by atoms with Crippen molar-refractivity contribution in [1.29, 1.82) is 0 Å². The third kappa shape index (κ3) is 6.05. The average molecular weight is 531 g/mol. The van der Waals surface area contributed by atoms with Crippen LogP contribution in [0.25, 0.3) is 0 Å². The second-order valence-corrected chi connectivity index (χ2v) is 7.58. The fourth-order valence-corrected chi connectivity index (χ4v) is 3.24. The van der Waals surface area contributed by atoms with Gasteiger partial charge in [-0.2, -0.15) is 0 Å². The highest BCUT2D eigenvalue weighted by atomic mass is 35.5. The van der Waals surface area contributed by atoms with Crippen molar-refractivity contribution in [2.45, 2.75) is 13.3 Å². The first-order valence-electron chi connectivity index (χ1n) is 9.76. The van der Waals surface area contributed by atoms with Crippen molar-refractivity contribution < 1.29 is 51.3 Å². The van der Waals surface area contributed by atoms with E-state index in [0.717, 1.165) is 49.7 Å². The molecule has 4 N–H and O–H groups in total. The van der Waals surface area contributed by atoms with Gasteiger partial charge in [-0.25, -0.2) is 4.39 Å². The maximum absolute atomic E-state index is 14.9. The highest BCUT2D eigenvalue weighted by Crippen LogP contribution is 2.39. The molecule has 9 nitrogen and oxygen atoms in total. The Morgan fingerprint density at radius 1 is 1.11 bits per heavy atom. The van der Waals surface area contributed by atoms with Gasteiger partial charge in [-0.15, -0.1) is 13.2 Å². The number of carbonyl (C=O) groups is 2. The predicted octanol–water partition coefficient (Wildman–Crippen LogP) is 4.36. The molecule has 2 amide bonds. The van der Waals surface area contributed by atoms with Crippen molar-refractivity contribution in [2.24, 2.45) is 5.73 Å². The fourth-order valence-electron chi connectivity index (χ4n) is 3.04. The van der Waals surface area contributed by atoms with Crippen LogP contribution in [0.2, 0.25) is 5.02 Å². The Balaban J connectivity index is 2.00. The Bertz CT molecular complexity index is 1350. The van der Waals surface area contributed by atoms with Crippen LogP contribution in [0.5, 0.6) is 23.0 Å². The summed E-state index contributed by atoms with van der Waals surface area (Å²) in [4.78, 5) is 24.5. The third-order valence-corrected chi connectivity index (χ3v) is 4.82. The number of pyridine rings is 1. The molecule has 0 aliphatic heterocycles. The molecule has 0 spiro atoms. The molecule has 0 atom stereocenters. The topological polar surface area (TPSA) is 124 Å². The summed E-state index contributed by atoms with van der Waals surface area (Å²) >= 11 is 5.91. The molecule has 14 heteroatoms. The van der Waals surface area contributed by atoms with E-state index in [1.807, 2.05) is 0 Å². The lowest BCUT2D eigenvalue weighted by molar-refractivity contribution is -0.906. The van der Waals surface area contributed by atoms with Gasteiger partial charge in [-0.05, 0) is 25.1 Å². The Morgan fingerprint density at radius 3 is 2.42 bits per heavy atom. The van der Waals surface area contributed by atoms with Crippen molar-refractivity contribution in [3.05, 3.63) is 70.3 Å². The molecule has 0 aliphatic rings. The lowest BCUT2D eigenvalue weighted by Crippen LogP contribution is -2.40. The zero-order valence-corrected chi connectivity index (χ0v) is 19.2. The van der Waals surface area contributed by atoms with Crippen LogP contribution >= 0.6 is 11.6 Å². The number of nitrogens with one attached hydrogen (secondary N) is 1. The number of alkyl halides is 3. The fraction of sp³-hybridized carbons (Fsp3) is 0.136. The van der Waals surface area contributed by atoms with Crippen LogP contribution in [0.15, 0.2) is 42.6 Å². The van der Waals surface area contributed by atoms with Gasteiger partial charge < -0.3 is 25.3 Å². The number of rotatable bonds is 7. The van der Waals surface area contributed by atoms with Crippen LogP contribution in [0.1, 0.15) is 26.4 Å². The van der Waals surface area contributed by atoms with Crippen molar-refractivity contribution in [3.63, 3.8) is 0 Å². The van der Waals surface area contributed by atoms with Gasteiger partial charge in [0, 0.05) is 33.5 Å². The molecule has 0 radical (unpaired) electrons. The number of nitrogens with zero attached hydrogens (tertiary/aromatic N) is 1. The molecule has 0 aliphatic carbocycles. The van der Waals surface area contributed by atoms with E-state index >= 15 is 0 Å². The summed E-state index contributed by atoms with van der Waals surface area (Å²) in [7, 11) is 1.15. The summed E-state index contributed by atoms with van der Waals surface area (Å²) in [6.07, 6.45) is -3.85. The Kier molecular flexibility index (Phi) is 7.43. The number of nitrogens with two attached hydrogens (primary N) is 1. The minimum absolute atomic E-state index is 0.0191. The number of primary amides is 1. The van der Waals surface area contributed by atoms with Crippen LogP contribution < -0.4 is 30.0 Å². The van der Waals surface area contributed by atoms with E-state index in [2.05, 4.69) is 10.1 Å². The van der Waals surface area contributed by atoms with Crippen molar-refractivity contribution >= 4 is 29.1 Å². The SMILES string of the molecule is COc1cc(OC(F)(F)F)ccc1Oc1cc(Cl)cc(F)c1C(=O)Nc1cc(C(N)=O)[n+](O)cc1C. The largest absolute Gasteiger partial charge is 0.573 e. The molecule has 0 saturated carbocycles. The Labute approximate surface area is 205 Å². The molecule has 1 aromatic heterocycles. The summed E-state index contributed by atoms with van der Waals surface area (Å²) in [5.41, 5.74) is 4.50. The maximum Gasteiger partial charge on any atom is 0.573 e. The van der Waals surface area contributed by atoms with Gasteiger partial charge in [0.25, 0.3) is 5.91 Å². The lowest BCUT2D eigenvalue weighted by atomic mass is 10.1. The van der Waals surface area contributed by atoms with E-state index in [0.29, 0.717) is 4.73 Å². The number of hydrogen-bond donors (Lipinski definition) is 3. The molecule has 3 aromatic rings. The lowest BCUT2D eigenvalue weighted by Gasteiger charge is -2.16. The molecule has 0 saturated heterocycles. The van der Waals surface area contributed by atoms with Crippen molar-refractivity contribution in [1.82, 2.24) is 0 Å². The summed E-state index contributed by atoms with van der Waals surface area (Å²) < 4.78 is 67.3. The quantitative estimate of drug-likeness (QED) is 0.237. The second-order valence-electron chi connectivity index (χ2n) is 7.14. The van der Waals surface area contributed by atoms with Gasteiger partial charge in [0.1, 0.15) is 22.9 Å². The van der Waals surface area contributed by atoms with Crippen LogP contribution in [0.3, 0.4) is 0 Å². The standard InChI is InChI=1S/C22H16ClF4N3O6/c1-10-9-30(33)15(20(28)31)8-14(10)29-21(32)19-13(24)5-11(23)6-18(19)35-16-4-3-12(7-17(16)34-2)36-22(25,26)27/h3-9,33H,1-2H3,(H2,28,31)/p+1. The minimum atomic E-state index is -4.95. The molecule has 36 heavy (non-hydrogen) atoms. The number of hydrogen-bond acceptors (Lipinski definition) is 6. The summed E-state index contributed by atoms with van der Waals surface area (Å²) in [6, 6.07) is 5.89. The zero-order valence-electron chi connectivity index (χ0n) is 18.4. The van der Waals surface area contributed by atoms with Gasteiger partial charge in [-0.1, -0.05) is 11.6 Å². The average Bonchev–Trinajstić information content (AvgIpc) is 2.74. The monoisotopic (exact) mass is 530 g/mol.